The maximum atomic E-state index is 12.7. The molecule has 0 unspecified atom stereocenters. The summed E-state index contributed by atoms with van der Waals surface area (Å²) in [6.07, 6.45) is 3.41. The Kier molecular flexibility index (Phi) is 5.99. The van der Waals surface area contributed by atoms with Crippen molar-refractivity contribution in [3.05, 3.63) is 81.6 Å². The zero-order chi connectivity index (χ0) is 22.0. The molecule has 0 aliphatic carbocycles. The lowest BCUT2D eigenvalue weighted by Crippen LogP contribution is -2.28. The molecule has 0 saturated heterocycles. The topological polar surface area (TPSA) is 74.3 Å². The Hall–Kier alpha value is -3.26. The van der Waals surface area contributed by atoms with Gasteiger partial charge in [0, 0.05) is 23.4 Å². The number of hydrogen-bond donors (Lipinski definition) is 0. The minimum Gasteiger partial charge on any atom is -0.466 e. The molecule has 0 fully saturated rings. The average molecular weight is 486 g/mol. The highest BCUT2D eigenvalue weighted by Gasteiger charge is 2.35. The van der Waals surface area contributed by atoms with Gasteiger partial charge in [0.2, 0.25) is 6.79 Å². The molecule has 0 atom stereocenters. The second-order valence-electron chi connectivity index (χ2n) is 7.00. The van der Waals surface area contributed by atoms with Gasteiger partial charge in [0.1, 0.15) is 0 Å². The largest absolute Gasteiger partial charge is 0.466 e. The summed E-state index contributed by atoms with van der Waals surface area (Å²) in [5.74, 6) is -0.289. The van der Waals surface area contributed by atoms with E-state index < -0.39 is 17.9 Å². The number of carbonyl (C=O) groups is 2. The third-order valence-electron chi connectivity index (χ3n) is 5.08. The molecular formula is C23H20BrNO6. The number of fused-ring (bicyclic) bond motifs is 1. The summed E-state index contributed by atoms with van der Waals surface area (Å²) in [6, 6.07) is 13.1. The van der Waals surface area contributed by atoms with Gasteiger partial charge in [-0.15, -0.1) is 0 Å². The lowest BCUT2D eigenvalue weighted by atomic mass is 9.83. The molecule has 0 spiro atoms. The predicted octanol–water partition coefficient (Wildman–Crippen LogP) is 3.89. The molecule has 0 N–H and O–H groups in total. The number of hydrogen-bond acceptors (Lipinski definition) is 7. The van der Waals surface area contributed by atoms with Gasteiger partial charge in [0.25, 0.3) is 0 Å². The number of carbonyl (C=O) groups excluding carboxylic acids is 2. The molecule has 0 amide bonds. The van der Waals surface area contributed by atoms with Crippen LogP contribution in [0.3, 0.4) is 0 Å². The van der Waals surface area contributed by atoms with E-state index in [0.717, 1.165) is 15.6 Å². The van der Waals surface area contributed by atoms with Crippen molar-refractivity contribution in [2.24, 2.45) is 0 Å². The molecule has 0 bridgehead atoms. The highest BCUT2D eigenvalue weighted by Crippen LogP contribution is 2.38. The van der Waals surface area contributed by atoms with Crippen molar-refractivity contribution in [2.75, 3.05) is 21.0 Å². The molecule has 7 nitrogen and oxygen atoms in total. The second-order valence-corrected chi connectivity index (χ2v) is 7.91. The molecule has 2 aliphatic rings. The molecule has 0 aromatic heterocycles. The fourth-order valence-corrected chi connectivity index (χ4v) is 3.91. The maximum absolute atomic E-state index is 12.7. The van der Waals surface area contributed by atoms with Crippen LogP contribution in [-0.2, 0) is 25.6 Å². The number of ether oxygens (including phenoxy) is 4. The average Bonchev–Trinajstić information content (AvgIpc) is 3.26. The van der Waals surface area contributed by atoms with Gasteiger partial charge in [-0.3, -0.25) is 0 Å². The minimum atomic E-state index is -0.610. The first kappa shape index (κ1) is 21.0. The van der Waals surface area contributed by atoms with Crippen LogP contribution < -0.4 is 9.47 Å². The molecule has 4 rings (SSSR count). The van der Waals surface area contributed by atoms with Crippen molar-refractivity contribution in [2.45, 2.75) is 12.5 Å². The summed E-state index contributed by atoms with van der Waals surface area (Å²) in [7, 11) is 2.64. The van der Waals surface area contributed by atoms with Crippen molar-refractivity contribution in [1.29, 1.82) is 0 Å². The molecule has 2 aromatic carbocycles. The second kappa shape index (κ2) is 8.85. The molecule has 0 saturated carbocycles. The first-order valence-corrected chi connectivity index (χ1v) is 10.3. The van der Waals surface area contributed by atoms with E-state index in [0.29, 0.717) is 29.2 Å². The summed E-state index contributed by atoms with van der Waals surface area (Å²) < 4.78 is 21.7. The first-order chi connectivity index (χ1) is 15.0. The van der Waals surface area contributed by atoms with Crippen molar-refractivity contribution in [3.63, 3.8) is 0 Å². The number of benzene rings is 2. The monoisotopic (exact) mass is 485 g/mol. The third kappa shape index (κ3) is 4.29. The van der Waals surface area contributed by atoms with Crippen LogP contribution >= 0.6 is 15.9 Å². The van der Waals surface area contributed by atoms with Crippen LogP contribution in [0.15, 0.2) is 70.5 Å². The molecule has 2 aliphatic heterocycles. The highest BCUT2D eigenvalue weighted by molar-refractivity contribution is 9.10. The van der Waals surface area contributed by atoms with Gasteiger partial charge in [-0.2, -0.15) is 0 Å². The molecule has 2 aromatic rings. The minimum absolute atomic E-state index is 0.191. The standard InChI is InChI=1S/C23H20BrNO6/c1-28-22(26)17-11-25(10-14-3-8-19-20(9-14)31-13-30-19)12-18(23(27)29-2)21(17)15-4-6-16(24)7-5-15/h3-9,11-12,21H,10,13H2,1-2H3. The number of nitrogens with zero attached hydrogens (tertiary/aromatic N) is 1. The Morgan fingerprint density at radius 1 is 0.968 bits per heavy atom. The molecular weight excluding hydrogens is 466 g/mol. The zero-order valence-electron chi connectivity index (χ0n) is 17.0. The van der Waals surface area contributed by atoms with E-state index in [1.165, 1.54) is 14.2 Å². The Morgan fingerprint density at radius 3 is 2.19 bits per heavy atom. The van der Waals surface area contributed by atoms with Crippen molar-refractivity contribution < 1.29 is 28.5 Å². The van der Waals surface area contributed by atoms with Gasteiger partial charge < -0.3 is 23.8 Å². The van der Waals surface area contributed by atoms with Crippen LogP contribution in [0.25, 0.3) is 0 Å². The summed E-state index contributed by atoms with van der Waals surface area (Å²) in [6.45, 7) is 0.598. The summed E-state index contributed by atoms with van der Waals surface area (Å²) in [5.41, 5.74) is 2.38. The fourth-order valence-electron chi connectivity index (χ4n) is 3.64. The van der Waals surface area contributed by atoms with Crippen LogP contribution in [0, 0.1) is 0 Å². The third-order valence-corrected chi connectivity index (χ3v) is 5.61. The van der Waals surface area contributed by atoms with Gasteiger partial charge in [-0.05, 0) is 35.4 Å². The fraction of sp³-hybridized carbons (Fsp3) is 0.217. The predicted molar refractivity (Wildman–Crippen MR) is 115 cm³/mol. The van der Waals surface area contributed by atoms with Crippen LogP contribution in [0.1, 0.15) is 17.0 Å². The van der Waals surface area contributed by atoms with Gasteiger partial charge in [-0.1, -0.05) is 34.1 Å². The Labute approximate surface area is 188 Å². The summed E-state index contributed by atoms with van der Waals surface area (Å²) in [4.78, 5) is 27.1. The zero-order valence-corrected chi connectivity index (χ0v) is 18.5. The smallest absolute Gasteiger partial charge is 0.336 e. The van der Waals surface area contributed by atoms with E-state index in [2.05, 4.69) is 15.9 Å². The summed E-state index contributed by atoms with van der Waals surface area (Å²) in [5, 5.41) is 0. The van der Waals surface area contributed by atoms with E-state index in [4.69, 9.17) is 18.9 Å². The molecule has 0 radical (unpaired) electrons. The maximum Gasteiger partial charge on any atom is 0.336 e. The quantitative estimate of drug-likeness (QED) is 0.594. The van der Waals surface area contributed by atoms with E-state index >= 15 is 0 Å². The number of halogens is 1. The van der Waals surface area contributed by atoms with Gasteiger partial charge in [0.15, 0.2) is 11.5 Å². The lowest BCUT2D eigenvalue weighted by molar-refractivity contribution is -0.137. The van der Waals surface area contributed by atoms with Gasteiger partial charge >= 0.3 is 11.9 Å². The Bertz CT molecular complexity index is 1040. The molecule has 2 heterocycles. The highest BCUT2D eigenvalue weighted by atomic mass is 79.9. The van der Waals surface area contributed by atoms with Gasteiger partial charge in [0.05, 0.1) is 31.3 Å². The number of rotatable bonds is 5. The van der Waals surface area contributed by atoms with Crippen molar-refractivity contribution in [3.8, 4) is 11.5 Å². The number of esters is 2. The van der Waals surface area contributed by atoms with Crippen molar-refractivity contribution >= 4 is 27.9 Å². The van der Waals surface area contributed by atoms with E-state index in [1.54, 1.807) is 17.3 Å². The van der Waals surface area contributed by atoms with E-state index in [-0.39, 0.29) is 6.79 Å². The first-order valence-electron chi connectivity index (χ1n) is 9.50. The molecule has 160 valence electrons. The molecule has 8 heteroatoms. The Balaban J connectivity index is 1.73. The van der Waals surface area contributed by atoms with Crippen LogP contribution in [0.5, 0.6) is 11.5 Å². The van der Waals surface area contributed by atoms with Crippen LogP contribution in [0.2, 0.25) is 0 Å². The number of methoxy groups -OCH3 is 2. The van der Waals surface area contributed by atoms with Gasteiger partial charge in [-0.25, -0.2) is 9.59 Å². The Morgan fingerprint density at radius 2 is 1.58 bits per heavy atom. The molecule has 31 heavy (non-hydrogen) atoms. The lowest BCUT2D eigenvalue weighted by Gasteiger charge is -2.30. The van der Waals surface area contributed by atoms with Crippen LogP contribution in [-0.4, -0.2) is 37.9 Å². The van der Waals surface area contributed by atoms with E-state index in [1.807, 2.05) is 42.5 Å². The normalized spacial score (nSPS) is 15.3. The SMILES string of the molecule is COC(=O)C1=CN(Cc2ccc3c(c2)OCO3)C=C(C(=O)OC)C1c1ccc(Br)cc1. The van der Waals surface area contributed by atoms with Crippen molar-refractivity contribution in [1.82, 2.24) is 4.90 Å². The summed E-state index contributed by atoms with van der Waals surface area (Å²) >= 11 is 3.41. The van der Waals surface area contributed by atoms with Crippen LogP contribution in [0.4, 0.5) is 0 Å². The van der Waals surface area contributed by atoms with E-state index in [9.17, 15) is 9.59 Å².